The van der Waals surface area contributed by atoms with Gasteiger partial charge in [0.25, 0.3) is 0 Å². The highest BCUT2D eigenvalue weighted by atomic mass is 35.5. The molecule has 7 nitrogen and oxygen atoms in total. The number of amides is 2. The van der Waals surface area contributed by atoms with Crippen molar-refractivity contribution in [3.05, 3.63) is 42.0 Å². The molecule has 1 unspecified atom stereocenters. The molecule has 0 saturated carbocycles. The molecular formula is C18H26ClN5O2. The number of nitrogens with zero attached hydrogens (tertiary/aromatic N) is 3. The number of hydrogen-bond acceptors (Lipinski definition) is 5. The molecule has 142 valence electrons. The second-order valence-corrected chi connectivity index (χ2v) is 6.50. The third kappa shape index (κ3) is 5.19. The van der Waals surface area contributed by atoms with Crippen LogP contribution in [0.25, 0.3) is 0 Å². The fourth-order valence-corrected chi connectivity index (χ4v) is 2.95. The standard InChI is InChI=1S/C18H25N5O2.ClH/c1-13(19-2)12-16-21-17(25-22-16)14-8-10-23(11-9-14)18(24)20-15-6-4-3-5-7-15;/h3-7,13-14,19H,8-12H2,1-2H3,(H,20,24);1H. The molecule has 1 aromatic carbocycles. The average Bonchev–Trinajstić information content (AvgIpc) is 3.11. The van der Waals surface area contributed by atoms with Crippen LogP contribution < -0.4 is 10.6 Å². The Labute approximate surface area is 159 Å². The maximum absolute atomic E-state index is 12.3. The van der Waals surface area contributed by atoms with Crippen molar-refractivity contribution in [2.24, 2.45) is 0 Å². The van der Waals surface area contributed by atoms with Gasteiger partial charge in [-0.3, -0.25) is 0 Å². The molecule has 1 fully saturated rings. The molecule has 1 aliphatic heterocycles. The van der Waals surface area contributed by atoms with E-state index >= 15 is 0 Å². The first-order valence-electron chi connectivity index (χ1n) is 8.76. The molecule has 2 amide bonds. The SMILES string of the molecule is CNC(C)Cc1noc(C2CCN(C(=O)Nc3ccccc3)CC2)n1.Cl. The molecule has 2 N–H and O–H groups in total. The van der Waals surface area contributed by atoms with Crippen LogP contribution in [0.4, 0.5) is 10.5 Å². The van der Waals surface area contributed by atoms with Crippen molar-refractivity contribution in [1.82, 2.24) is 20.4 Å². The number of halogens is 1. The molecule has 8 heteroatoms. The smallest absolute Gasteiger partial charge is 0.321 e. The van der Waals surface area contributed by atoms with E-state index in [-0.39, 0.29) is 24.4 Å². The van der Waals surface area contributed by atoms with E-state index in [2.05, 4.69) is 27.7 Å². The highest BCUT2D eigenvalue weighted by Crippen LogP contribution is 2.27. The van der Waals surface area contributed by atoms with Gasteiger partial charge in [-0.15, -0.1) is 12.4 Å². The lowest BCUT2D eigenvalue weighted by Gasteiger charge is -2.30. The molecule has 1 aliphatic rings. The Morgan fingerprint density at radius 3 is 2.65 bits per heavy atom. The number of anilines is 1. The fraction of sp³-hybridized carbons (Fsp3) is 0.500. The number of rotatable bonds is 5. The number of carbonyl (C=O) groups excluding carboxylic acids is 1. The second-order valence-electron chi connectivity index (χ2n) is 6.50. The molecule has 0 bridgehead atoms. The molecular weight excluding hydrogens is 354 g/mol. The van der Waals surface area contributed by atoms with Gasteiger partial charge < -0.3 is 20.1 Å². The van der Waals surface area contributed by atoms with Crippen LogP contribution in [0.2, 0.25) is 0 Å². The van der Waals surface area contributed by atoms with Gasteiger partial charge in [0.15, 0.2) is 5.82 Å². The van der Waals surface area contributed by atoms with E-state index in [0.29, 0.717) is 25.0 Å². The Balaban J connectivity index is 0.00000243. The zero-order chi connectivity index (χ0) is 17.6. The maximum Gasteiger partial charge on any atom is 0.321 e. The Kier molecular flexibility index (Phi) is 7.41. The zero-order valence-corrected chi connectivity index (χ0v) is 16.0. The van der Waals surface area contributed by atoms with Crippen molar-refractivity contribution < 1.29 is 9.32 Å². The number of nitrogens with one attached hydrogen (secondary N) is 2. The van der Waals surface area contributed by atoms with Crippen LogP contribution in [0.3, 0.4) is 0 Å². The van der Waals surface area contributed by atoms with Crippen molar-refractivity contribution in [1.29, 1.82) is 0 Å². The minimum absolute atomic E-state index is 0. The Bertz CT molecular complexity index is 686. The number of hydrogen-bond donors (Lipinski definition) is 2. The number of piperidine rings is 1. The van der Waals surface area contributed by atoms with Gasteiger partial charge in [-0.25, -0.2) is 4.79 Å². The highest BCUT2D eigenvalue weighted by Gasteiger charge is 2.27. The summed E-state index contributed by atoms with van der Waals surface area (Å²) in [6.45, 7) is 3.46. The topological polar surface area (TPSA) is 83.3 Å². The van der Waals surface area contributed by atoms with Crippen LogP contribution in [0.15, 0.2) is 34.9 Å². The van der Waals surface area contributed by atoms with Crippen LogP contribution in [0.5, 0.6) is 0 Å². The van der Waals surface area contributed by atoms with E-state index in [9.17, 15) is 4.79 Å². The van der Waals surface area contributed by atoms with Crippen molar-refractivity contribution in [3.63, 3.8) is 0 Å². The third-order valence-electron chi connectivity index (χ3n) is 4.62. The summed E-state index contributed by atoms with van der Waals surface area (Å²) in [5, 5.41) is 10.2. The monoisotopic (exact) mass is 379 g/mol. The lowest BCUT2D eigenvalue weighted by Crippen LogP contribution is -2.40. The average molecular weight is 380 g/mol. The van der Waals surface area contributed by atoms with Gasteiger partial charge in [0.05, 0.1) is 0 Å². The minimum atomic E-state index is -0.0567. The van der Waals surface area contributed by atoms with Crippen LogP contribution in [0, 0.1) is 0 Å². The molecule has 1 saturated heterocycles. The van der Waals surface area contributed by atoms with Crippen molar-refractivity contribution >= 4 is 24.1 Å². The van der Waals surface area contributed by atoms with Crippen molar-refractivity contribution in [2.75, 3.05) is 25.5 Å². The predicted octanol–water partition coefficient (Wildman–Crippen LogP) is 3.05. The van der Waals surface area contributed by atoms with E-state index in [1.807, 2.05) is 42.3 Å². The Morgan fingerprint density at radius 2 is 2.00 bits per heavy atom. The summed E-state index contributed by atoms with van der Waals surface area (Å²) < 4.78 is 5.43. The lowest BCUT2D eigenvalue weighted by molar-refractivity contribution is 0.187. The lowest BCUT2D eigenvalue weighted by atomic mass is 9.97. The van der Waals surface area contributed by atoms with Crippen LogP contribution >= 0.6 is 12.4 Å². The summed E-state index contributed by atoms with van der Waals surface area (Å²) in [6.07, 6.45) is 2.43. The molecule has 2 aromatic rings. The first kappa shape index (κ1) is 20.2. The summed E-state index contributed by atoms with van der Waals surface area (Å²) >= 11 is 0. The maximum atomic E-state index is 12.3. The quantitative estimate of drug-likeness (QED) is 0.834. The van der Waals surface area contributed by atoms with E-state index < -0.39 is 0 Å². The third-order valence-corrected chi connectivity index (χ3v) is 4.62. The van der Waals surface area contributed by atoms with Crippen LogP contribution in [0.1, 0.15) is 37.4 Å². The van der Waals surface area contributed by atoms with Crippen LogP contribution in [-0.4, -0.2) is 47.3 Å². The van der Waals surface area contributed by atoms with E-state index in [4.69, 9.17) is 4.52 Å². The van der Waals surface area contributed by atoms with E-state index in [0.717, 1.165) is 30.8 Å². The van der Waals surface area contributed by atoms with E-state index in [1.165, 1.54) is 0 Å². The minimum Gasteiger partial charge on any atom is -0.339 e. The summed E-state index contributed by atoms with van der Waals surface area (Å²) in [7, 11) is 1.92. The molecule has 2 heterocycles. The summed E-state index contributed by atoms with van der Waals surface area (Å²) in [6, 6.07) is 9.77. The number of aromatic nitrogens is 2. The van der Waals surface area contributed by atoms with Gasteiger partial charge in [-0.2, -0.15) is 4.98 Å². The summed E-state index contributed by atoms with van der Waals surface area (Å²) in [5.41, 5.74) is 0.815. The first-order chi connectivity index (χ1) is 12.2. The number of para-hydroxylation sites is 1. The van der Waals surface area contributed by atoms with Gasteiger partial charge in [-0.05, 0) is 38.9 Å². The van der Waals surface area contributed by atoms with E-state index in [1.54, 1.807) is 0 Å². The van der Waals surface area contributed by atoms with Crippen molar-refractivity contribution in [2.45, 2.75) is 38.1 Å². The fourth-order valence-electron chi connectivity index (χ4n) is 2.95. The summed E-state index contributed by atoms with van der Waals surface area (Å²) in [5.74, 6) is 1.66. The number of likely N-dealkylation sites (tertiary alicyclic amines) is 1. The predicted molar refractivity (Wildman–Crippen MR) is 103 cm³/mol. The molecule has 1 atom stereocenters. The Morgan fingerprint density at radius 1 is 1.31 bits per heavy atom. The van der Waals surface area contributed by atoms with Gasteiger partial charge in [-0.1, -0.05) is 23.4 Å². The number of likely N-dealkylation sites (N-methyl/N-ethyl adjacent to an activating group) is 1. The molecule has 1 aromatic heterocycles. The van der Waals surface area contributed by atoms with Gasteiger partial charge in [0, 0.05) is 37.2 Å². The van der Waals surface area contributed by atoms with Gasteiger partial charge in [0.2, 0.25) is 5.89 Å². The highest BCUT2D eigenvalue weighted by molar-refractivity contribution is 5.89. The molecule has 0 spiro atoms. The summed E-state index contributed by atoms with van der Waals surface area (Å²) in [4.78, 5) is 18.7. The van der Waals surface area contributed by atoms with Crippen LogP contribution in [-0.2, 0) is 6.42 Å². The largest absolute Gasteiger partial charge is 0.339 e. The van der Waals surface area contributed by atoms with Gasteiger partial charge in [0.1, 0.15) is 0 Å². The van der Waals surface area contributed by atoms with Gasteiger partial charge >= 0.3 is 6.03 Å². The molecule has 26 heavy (non-hydrogen) atoms. The number of urea groups is 1. The normalized spacial score (nSPS) is 16.0. The number of carbonyl (C=O) groups is 1. The Hall–Kier alpha value is -2.12. The second kappa shape index (κ2) is 9.54. The number of benzene rings is 1. The molecule has 0 aliphatic carbocycles. The first-order valence-corrected chi connectivity index (χ1v) is 8.76. The van der Waals surface area contributed by atoms with Crippen molar-refractivity contribution in [3.8, 4) is 0 Å². The molecule has 3 rings (SSSR count). The zero-order valence-electron chi connectivity index (χ0n) is 15.1. The molecule has 0 radical (unpaired) electrons.